The summed E-state index contributed by atoms with van der Waals surface area (Å²) in [6.45, 7) is 0.264. The third-order valence-electron chi connectivity index (χ3n) is 3.53. The Morgan fingerprint density at radius 1 is 1.08 bits per heavy atom. The summed E-state index contributed by atoms with van der Waals surface area (Å²) >= 11 is 0. The number of tetrazole rings is 1. The van der Waals surface area contributed by atoms with E-state index in [9.17, 15) is 4.79 Å². The molecule has 0 unspecified atom stereocenters. The summed E-state index contributed by atoms with van der Waals surface area (Å²) in [4.78, 5) is 12.0. The van der Waals surface area contributed by atoms with Crippen LogP contribution >= 0.6 is 0 Å². The predicted octanol–water partition coefficient (Wildman–Crippen LogP) is 1.03. The highest BCUT2D eigenvalue weighted by atomic mass is 16.2. The molecule has 10 nitrogen and oxygen atoms in total. The van der Waals surface area contributed by atoms with Crippen molar-refractivity contribution in [2.75, 3.05) is 5.32 Å². The fourth-order valence-electron chi connectivity index (χ4n) is 2.32. The highest BCUT2D eigenvalue weighted by Gasteiger charge is 2.07. The van der Waals surface area contributed by atoms with Crippen molar-refractivity contribution >= 4 is 17.4 Å². The number of pyridine rings is 1. The van der Waals surface area contributed by atoms with Crippen molar-refractivity contribution in [3.8, 4) is 5.69 Å². The van der Waals surface area contributed by atoms with Gasteiger partial charge in [-0.25, -0.2) is 9.48 Å². The molecule has 0 saturated carbocycles. The van der Waals surface area contributed by atoms with Crippen LogP contribution in [0.15, 0.2) is 55.0 Å². The average molecular weight is 335 g/mol. The summed E-state index contributed by atoms with van der Waals surface area (Å²) in [5.41, 5.74) is 2.18. The van der Waals surface area contributed by atoms with E-state index in [-0.39, 0.29) is 12.6 Å². The van der Waals surface area contributed by atoms with Crippen LogP contribution in [0.25, 0.3) is 11.3 Å². The molecule has 3 heterocycles. The number of hydrogen-bond acceptors (Lipinski definition) is 6. The number of hydrogen-bond donors (Lipinski definition) is 2. The van der Waals surface area contributed by atoms with Crippen molar-refractivity contribution in [2.45, 2.75) is 6.54 Å². The van der Waals surface area contributed by atoms with Crippen LogP contribution in [-0.4, -0.2) is 40.8 Å². The molecule has 10 heteroatoms. The zero-order valence-corrected chi connectivity index (χ0v) is 12.9. The second kappa shape index (κ2) is 6.35. The minimum absolute atomic E-state index is 0.264. The van der Waals surface area contributed by atoms with E-state index in [1.807, 2.05) is 28.8 Å². The Kier molecular flexibility index (Phi) is 3.75. The highest BCUT2D eigenvalue weighted by molar-refractivity contribution is 5.89. The molecule has 1 aromatic carbocycles. The number of anilines is 1. The van der Waals surface area contributed by atoms with E-state index in [1.165, 1.54) is 11.0 Å². The topological polar surface area (TPSA) is 115 Å². The molecule has 0 bridgehead atoms. The number of aromatic nitrogens is 7. The molecule has 25 heavy (non-hydrogen) atoms. The van der Waals surface area contributed by atoms with Gasteiger partial charge in [-0.15, -0.1) is 15.3 Å². The van der Waals surface area contributed by atoms with E-state index in [0.29, 0.717) is 11.5 Å². The van der Waals surface area contributed by atoms with Gasteiger partial charge >= 0.3 is 6.03 Å². The number of fused-ring (bicyclic) bond motifs is 1. The van der Waals surface area contributed by atoms with E-state index in [1.54, 1.807) is 24.3 Å². The quantitative estimate of drug-likeness (QED) is 0.575. The Bertz CT molecular complexity index is 991. The maximum absolute atomic E-state index is 12.0. The van der Waals surface area contributed by atoms with E-state index in [2.05, 4.69) is 36.4 Å². The number of rotatable bonds is 4. The van der Waals surface area contributed by atoms with Gasteiger partial charge in [0.2, 0.25) is 0 Å². The molecule has 124 valence electrons. The Balaban J connectivity index is 1.37. The SMILES string of the molecule is O=C(NCc1nnc2ccccn12)Nc1ccc(-n2cnnn2)cc1. The molecule has 2 amide bonds. The van der Waals surface area contributed by atoms with Crippen LogP contribution in [0.3, 0.4) is 0 Å². The number of amides is 2. The van der Waals surface area contributed by atoms with Crippen molar-refractivity contribution in [3.63, 3.8) is 0 Å². The first-order valence-electron chi connectivity index (χ1n) is 7.46. The van der Waals surface area contributed by atoms with Crippen molar-refractivity contribution in [2.24, 2.45) is 0 Å². The summed E-state index contributed by atoms with van der Waals surface area (Å²) in [5, 5.41) is 24.6. The molecular formula is C15H13N9O. The highest BCUT2D eigenvalue weighted by Crippen LogP contribution is 2.11. The molecule has 2 N–H and O–H groups in total. The molecule has 4 rings (SSSR count). The number of nitrogens with zero attached hydrogens (tertiary/aromatic N) is 7. The molecule has 0 atom stereocenters. The Morgan fingerprint density at radius 3 is 2.76 bits per heavy atom. The summed E-state index contributed by atoms with van der Waals surface area (Å²) in [5.74, 6) is 0.653. The van der Waals surface area contributed by atoms with Crippen molar-refractivity contribution in [3.05, 3.63) is 60.8 Å². The lowest BCUT2D eigenvalue weighted by molar-refractivity contribution is 0.251. The van der Waals surface area contributed by atoms with E-state index in [4.69, 9.17) is 0 Å². The summed E-state index contributed by atoms with van der Waals surface area (Å²) in [7, 11) is 0. The van der Waals surface area contributed by atoms with Gasteiger partial charge in [-0.3, -0.25) is 4.40 Å². The van der Waals surface area contributed by atoms with Gasteiger partial charge in [0, 0.05) is 11.9 Å². The number of carbonyl (C=O) groups is 1. The van der Waals surface area contributed by atoms with Gasteiger partial charge in [0.25, 0.3) is 0 Å². The van der Waals surface area contributed by atoms with E-state index < -0.39 is 0 Å². The second-order valence-corrected chi connectivity index (χ2v) is 5.15. The van der Waals surface area contributed by atoms with Crippen molar-refractivity contribution < 1.29 is 4.79 Å². The lowest BCUT2D eigenvalue weighted by Gasteiger charge is -2.07. The number of carbonyl (C=O) groups excluding carboxylic acids is 1. The van der Waals surface area contributed by atoms with Crippen LogP contribution in [0.1, 0.15) is 5.82 Å². The molecule has 0 radical (unpaired) electrons. The van der Waals surface area contributed by atoms with Gasteiger partial charge < -0.3 is 10.6 Å². The van der Waals surface area contributed by atoms with Crippen LogP contribution in [0.2, 0.25) is 0 Å². The van der Waals surface area contributed by atoms with Gasteiger partial charge in [-0.05, 0) is 46.8 Å². The fraction of sp³-hybridized carbons (Fsp3) is 0.0667. The second-order valence-electron chi connectivity index (χ2n) is 5.15. The Morgan fingerprint density at radius 2 is 1.96 bits per heavy atom. The largest absolute Gasteiger partial charge is 0.331 e. The maximum atomic E-state index is 12.0. The smallest absolute Gasteiger partial charge is 0.319 e. The zero-order valence-electron chi connectivity index (χ0n) is 12.9. The van der Waals surface area contributed by atoms with Gasteiger partial charge in [0.15, 0.2) is 11.5 Å². The Hall–Kier alpha value is -3.82. The van der Waals surface area contributed by atoms with Crippen LogP contribution in [-0.2, 0) is 6.54 Å². The minimum atomic E-state index is -0.331. The van der Waals surface area contributed by atoms with Gasteiger partial charge in [-0.2, -0.15) is 0 Å². The first kappa shape index (κ1) is 14.8. The van der Waals surface area contributed by atoms with E-state index >= 15 is 0 Å². The van der Waals surface area contributed by atoms with Crippen molar-refractivity contribution in [1.29, 1.82) is 0 Å². The molecule has 0 fully saturated rings. The Labute approximate surface area is 141 Å². The zero-order chi connectivity index (χ0) is 17.1. The molecule has 4 aromatic rings. The van der Waals surface area contributed by atoms with Crippen LogP contribution in [0, 0.1) is 0 Å². The van der Waals surface area contributed by atoms with E-state index in [0.717, 1.165) is 11.3 Å². The van der Waals surface area contributed by atoms with Gasteiger partial charge in [0.05, 0.1) is 12.2 Å². The predicted molar refractivity (Wildman–Crippen MR) is 88.0 cm³/mol. The number of urea groups is 1. The fourth-order valence-corrected chi connectivity index (χ4v) is 2.32. The third kappa shape index (κ3) is 3.13. The molecule has 0 aliphatic carbocycles. The molecule has 3 aromatic heterocycles. The van der Waals surface area contributed by atoms with Gasteiger partial charge in [-0.1, -0.05) is 6.07 Å². The lowest BCUT2D eigenvalue weighted by atomic mass is 10.3. The standard InChI is InChI=1S/C15H13N9O/c25-15(16-9-14-20-19-13-3-1-2-8-23(13)14)18-11-4-6-12(7-5-11)24-10-17-21-22-24/h1-8,10H,9H2,(H2,16,18,25). The maximum Gasteiger partial charge on any atom is 0.319 e. The lowest BCUT2D eigenvalue weighted by Crippen LogP contribution is -2.29. The third-order valence-corrected chi connectivity index (χ3v) is 3.53. The summed E-state index contributed by atoms with van der Waals surface area (Å²) in [6.07, 6.45) is 3.35. The molecule has 0 aliphatic heterocycles. The van der Waals surface area contributed by atoms with Crippen LogP contribution in [0.5, 0.6) is 0 Å². The summed E-state index contributed by atoms with van der Waals surface area (Å²) < 4.78 is 3.35. The monoisotopic (exact) mass is 335 g/mol. The first-order valence-corrected chi connectivity index (χ1v) is 7.46. The van der Waals surface area contributed by atoms with Crippen LogP contribution in [0.4, 0.5) is 10.5 Å². The number of nitrogens with one attached hydrogen (secondary N) is 2. The van der Waals surface area contributed by atoms with Crippen molar-refractivity contribution in [1.82, 2.24) is 40.1 Å². The minimum Gasteiger partial charge on any atom is -0.331 e. The average Bonchev–Trinajstić information content (AvgIpc) is 3.31. The number of benzene rings is 1. The summed E-state index contributed by atoms with van der Waals surface area (Å²) in [6, 6.07) is 12.4. The normalized spacial score (nSPS) is 10.7. The van der Waals surface area contributed by atoms with Crippen LogP contribution < -0.4 is 10.6 Å². The van der Waals surface area contributed by atoms with Gasteiger partial charge in [0.1, 0.15) is 6.33 Å². The molecule has 0 saturated heterocycles. The first-order chi connectivity index (χ1) is 12.3. The molecule has 0 spiro atoms. The molecule has 0 aliphatic rings. The molecular weight excluding hydrogens is 322 g/mol.